The van der Waals surface area contributed by atoms with Gasteiger partial charge in [0.2, 0.25) is 0 Å². The van der Waals surface area contributed by atoms with E-state index in [1.54, 1.807) is 0 Å². The summed E-state index contributed by atoms with van der Waals surface area (Å²) < 4.78 is 24.6. The molecule has 122 valence electrons. The maximum absolute atomic E-state index is 12.3. The minimum atomic E-state index is -2.43. The molecule has 0 bridgehead atoms. The molecule has 6 heteroatoms. The average Bonchev–Trinajstić information content (AvgIpc) is 2.54. The van der Waals surface area contributed by atoms with E-state index in [9.17, 15) is 8.78 Å². The summed E-state index contributed by atoms with van der Waals surface area (Å²) in [5.74, 6) is 0.328. The molecule has 0 saturated heterocycles. The van der Waals surface area contributed by atoms with Gasteiger partial charge in [0, 0.05) is 12.6 Å². The Labute approximate surface area is 139 Å². The lowest BCUT2D eigenvalue weighted by atomic mass is 9.95. The fraction of sp³-hybridized carbons (Fsp3) is 0.353. The molecule has 2 heterocycles. The zero-order chi connectivity index (χ0) is 16.2. The SMILES string of the molecule is FC(F)CNc1nc2c(cc1Cl)CC(Cc1ccccc1)NC2. The summed E-state index contributed by atoms with van der Waals surface area (Å²) in [7, 11) is 0. The van der Waals surface area contributed by atoms with Crippen molar-refractivity contribution in [3.8, 4) is 0 Å². The van der Waals surface area contributed by atoms with Gasteiger partial charge in [-0.2, -0.15) is 0 Å². The van der Waals surface area contributed by atoms with E-state index in [0.717, 1.165) is 24.1 Å². The van der Waals surface area contributed by atoms with Gasteiger partial charge in [-0.3, -0.25) is 0 Å². The second-order valence-corrected chi connectivity index (χ2v) is 6.08. The van der Waals surface area contributed by atoms with Gasteiger partial charge in [-0.15, -0.1) is 0 Å². The lowest BCUT2D eigenvalue weighted by Crippen LogP contribution is -2.37. The van der Waals surface area contributed by atoms with Gasteiger partial charge in [0.1, 0.15) is 5.82 Å². The van der Waals surface area contributed by atoms with Crippen LogP contribution in [0.2, 0.25) is 5.02 Å². The largest absolute Gasteiger partial charge is 0.363 e. The van der Waals surface area contributed by atoms with Gasteiger partial charge in [-0.25, -0.2) is 13.8 Å². The van der Waals surface area contributed by atoms with Crippen molar-refractivity contribution < 1.29 is 8.78 Å². The molecule has 1 aromatic heterocycles. The molecule has 1 atom stereocenters. The molecule has 3 rings (SSSR count). The number of pyridine rings is 1. The van der Waals surface area contributed by atoms with Crippen LogP contribution in [0.25, 0.3) is 0 Å². The molecule has 1 aliphatic heterocycles. The van der Waals surface area contributed by atoms with Crippen LogP contribution >= 0.6 is 11.6 Å². The van der Waals surface area contributed by atoms with Crippen LogP contribution in [0.3, 0.4) is 0 Å². The van der Waals surface area contributed by atoms with Gasteiger partial charge >= 0.3 is 0 Å². The van der Waals surface area contributed by atoms with Crippen molar-refractivity contribution in [1.29, 1.82) is 0 Å². The molecule has 2 N–H and O–H groups in total. The summed E-state index contributed by atoms with van der Waals surface area (Å²) in [4.78, 5) is 4.39. The summed E-state index contributed by atoms with van der Waals surface area (Å²) in [5, 5.41) is 6.44. The summed E-state index contributed by atoms with van der Waals surface area (Å²) >= 11 is 6.16. The Morgan fingerprint density at radius 1 is 1.30 bits per heavy atom. The van der Waals surface area contributed by atoms with E-state index >= 15 is 0 Å². The maximum Gasteiger partial charge on any atom is 0.255 e. The molecule has 1 unspecified atom stereocenters. The van der Waals surface area contributed by atoms with E-state index < -0.39 is 13.0 Å². The van der Waals surface area contributed by atoms with Crippen molar-refractivity contribution in [2.75, 3.05) is 11.9 Å². The van der Waals surface area contributed by atoms with E-state index in [0.29, 0.717) is 23.4 Å². The molecule has 0 spiro atoms. The summed E-state index contributed by atoms with van der Waals surface area (Å²) in [6.07, 6.45) is -0.674. The molecule has 3 nitrogen and oxygen atoms in total. The highest BCUT2D eigenvalue weighted by molar-refractivity contribution is 6.33. The number of alkyl halides is 2. The van der Waals surface area contributed by atoms with Crippen LogP contribution in [0.1, 0.15) is 16.8 Å². The molecule has 1 aliphatic rings. The Morgan fingerprint density at radius 3 is 2.83 bits per heavy atom. The lowest BCUT2D eigenvalue weighted by Gasteiger charge is -2.26. The zero-order valence-electron chi connectivity index (χ0n) is 12.5. The van der Waals surface area contributed by atoms with Crippen molar-refractivity contribution in [3.63, 3.8) is 0 Å². The van der Waals surface area contributed by atoms with Crippen LogP contribution in [-0.4, -0.2) is 24.0 Å². The van der Waals surface area contributed by atoms with E-state index in [4.69, 9.17) is 11.6 Å². The minimum Gasteiger partial charge on any atom is -0.363 e. The first-order valence-corrected chi connectivity index (χ1v) is 7.97. The third-order valence-electron chi connectivity index (χ3n) is 3.92. The first kappa shape index (κ1) is 16.1. The summed E-state index contributed by atoms with van der Waals surface area (Å²) in [6, 6.07) is 12.5. The lowest BCUT2D eigenvalue weighted by molar-refractivity contribution is 0.163. The molecule has 0 amide bonds. The van der Waals surface area contributed by atoms with Crippen LogP contribution < -0.4 is 10.6 Å². The number of nitrogens with one attached hydrogen (secondary N) is 2. The number of hydrogen-bond acceptors (Lipinski definition) is 3. The van der Waals surface area contributed by atoms with Crippen LogP contribution in [0.5, 0.6) is 0 Å². The molecule has 23 heavy (non-hydrogen) atoms. The number of benzene rings is 1. The second-order valence-electron chi connectivity index (χ2n) is 5.67. The van der Waals surface area contributed by atoms with Crippen LogP contribution in [0.15, 0.2) is 36.4 Å². The van der Waals surface area contributed by atoms with Gasteiger partial charge < -0.3 is 10.6 Å². The molecule has 0 saturated carbocycles. The zero-order valence-corrected chi connectivity index (χ0v) is 13.3. The van der Waals surface area contributed by atoms with Gasteiger partial charge in [0.15, 0.2) is 0 Å². The van der Waals surface area contributed by atoms with Crippen LogP contribution in [-0.2, 0) is 19.4 Å². The van der Waals surface area contributed by atoms with Gasteiger partial charge in [-0.1, -0.05) is 41.9 Å². The number of rotatable bonds is 5. The number of hydrogen-bond donors (Lipinski definition) is 2. The predicted molar refractivity (Wildman–Crippen MR) is 88.2 cm³/mol. The number of nitrogens with zero attached hydrogens (tertiary/aromatic N) is 1. The molecule has 0 aliphatic carbocycles. The smallest absolute Gasteiger partial charge is 0.255 e. The van der Waals surface area contributed by atoms with Crippen molar-refractivity contribution in [1.82, 2.24) is 10.3 Å². The Kier molecular flexibility index (Phi) is 5.08. The highest BCUT2D eigenvalue weighted by Crippen LogP contribution is 2.26. The highest BCUT2D eigenvalue weighted by atomic mass is 35.5. The quantitative estimate of drug-likeness (QED) is 0.874. The van der Waals surface area contributed by atoms with E-state index in [1.165, 1.54) is 5.56 Å². The fourth-order valence-electron chi connectivity index (χ4n) is 2.81. The van der Waals surface area contributed by atoms with Crippen LogP contribution in [0.4, 0.5) is 14.6 Å². The van der Waals surface area contributed by atoms with Crippen molar-refractivity contribution in [3.05, 3.63) is 58.2 Å². The number of halogens is 3. The Bertz CT molecular complexity index is 664. The van der Waals surface area contributed by atoms with E-state index in [2.05, 4.69) is 27.8 Å². The standard InChI is InChI=1S/C17H18ClF2N3/c18-14-8-12-7-13(6-11-4-2-1-3-5-11)21-9-15(12)23-17(14)22-10-16(19)20/h1-5,8,13,16,21H,6-7,9-10H2,(H,22,23). The summed E-state index contributed by atoms with van der Waals surface area (Å²) in [5.41, 5.74) is 3.23. The average molecular weight is 338 g/mol. The van der Waals surface area contributed by atoms with Crippen molar-refractivity contribution in [2.45, 2.75) is 31.9 Å². The van der Waals surface area contributed by atoms with E-state index in [-0.39, 0.29) is 0 Å². The molecule has 0 radical (unpaired) electrons. The monoisotopic (exact) mass is 337 g/mol. The number of fused-ring (bicyclic) bond motifs is 1. The third kappa shape index (κ3) is 4.18. The number of anilines is 1. The first-order valence-electron chi connectivity index (χ1n) is 7.59. The van der Waals surface area contributed by atoms with Gasteiger partial charge in [0.25, 0.3) is 6.43 Å². The summed E-state index contributed by atoms with van der Waals surface area (Å²) in [6.45, 7) is 0.170. The Hall–Kier alpha value is -1.72. The molecular formula is C17H18ClF2N3. The predicted octanol–water partition coefficient (Wildman–Crippen LogP) is 3.67. The third-order valence-corrected chi connectivity index (χ3v) is 4.21. The number of aromatic nitrogens is 1. The Balaban J connectivity index is 1.70. The molecular weight excluding hydrogens is 320 g/mol. The van der Waals surface area contributed by atoms with Gasteiger partial charge in [-0.05, 0) is 30.0 Å². The highest BCUT2D eigenvalue weighted by Gasteiger charge is 2.21. The molecule has 1 aromatic carbocycles. The Morgan fingerprint density at radius 2 is 2.09 bits per heavy atom. The fourth-order valence-corrected chi connectivity index (χ4v) is 3.05. The molecule has 0 fully saturated rings. The topological polar surface area (TPSA) is 37.0 Å². The maximum atomic E-state index is 12.3. The van der Waals surface area contributed by atoms with Crippen molar-refractivity contribution >= 4 is 17.4 Å². The van der Waals surface area contributed by atoms with Gasteiger partial charge in [0.05, 0.1) is 17.3 Å². The van der Waals surface area contributed by atoms with Crippen LogP contribution in [0, 0.1) is 0 Å². The molecule has 2 aromatic rings. The first-order chi connectivity index (χ1) is 11.1. The minimum absolute atomic E-state index is 0.322. The van der Waals surface area contributed by atoms with E-state index in [1.807, 2.05) is 24.3 Å². The second kappa shape index (κ2) is 7.23. The normalized spacial score (nSPS) is 17.1. The van der Waals surface area contributed by atoms with Crippen molar-refractivity contribution in [2.24, 2.45) is 0 Å².